The van der Waals surface area contributed by atoms with Crippen LogP contribution in [0.1, 0.15) is 30.2 Å². The molecule has 3 aromatic rings. The summed E-state index contributed by atoms with van der Waals surface area (Å²) in [5, 5.41) is 7.46. The first-order valence-corrected chi connectivity index (χ1v) is 7.19. The summed E-state index contributed by atoms with van der Waals surface area (Å²) in [6.07, 6.45) is 3.68. The molecule has 0 saturated heterocycles. The van der Waals surface area contributed by atoms with Gasteiger partial charge in [0, 0.05) is 0 Å². The molecule has 2 heterocycles. The van der Waals surface area contributed by atoms with Gasteiger partial charge in [0.25, 0.3) is 0 Å². The normalized spacial score (nSPS) is 12.1. The fourth-order valence-corrected chi connectivity index (χ4v) is 2.13. The molecule has 0 radical (unpaired) electrons. The van der Waals surface area contributed by atoms with Crippen LogP contribution in [0.15, 0.2) is 47.2 Å². The third kappa shape index (κ3) is 3.59. The van der Waals surface area contributed by atoms with Crippen LogP contribution >= 0.6 is 11.6 Å². The van der Waals surface area contributed by atoms with Crippen molar-refractivity contribution in [3.63, 3.8) is 0 Å². The Morgan fingerprint density at radius 3 is 2.77 bits per heavy atom. The molecule has 2 aromatic heterocycles. The maximum atomic E-state index is 5.81. The van der Waals surface area contributed by atoms with E-state index in [1.807, 2.05) is 37.3 Å². The quantitative estimate of drug-likeness (QED) is 0.778. The Balaban J connectivity index is 1.68. The van der Waals surface area contributed by atoms with Crippen molar-refractivity contribution in [2.75, 3.05) is 5.32 Å². The Bertz CT molecular complexity index is 746. The Morgan fingerprint density at radius 1 is 1.18 bits per heavy atom. The van der Waals surface area contributed by atoms with E-state index >= 15 is 0 Å². The molecule has 0 aliphatic carbocycles. The van der Waals surface area contributed by atoms with E-state index in [0.29, 0.717) is 29.1 Å². The number of hydrogen-bond acceptors (Lipinski definition) is 6. The topological polar surface area (TPSA) is 76.7 Å². The number of nitrogens with one attached hydrogen (secondary N) is 1. The van der Waals surface area contributed by atoms with Crippen LogP contribution in [0.2, 0.25) is 5.15 Å². The van der Waals surface area contributed by atoms with Gasteiger partial charge in [-0.05, 0) is 12.5 Å². The lowest BCUT2D eigenvalue weighted by Gasteiger charge is -2.09. The van der Waals surface area contributed by atoms with Gasteiger partial charge in [0.2, 0.25) is 5.89 Å². The van der Waals surface area contributed by atoms with Gasteiger partial charge in [-0.25, -0.2) is 4.98 Å². The second-order valence-electron chi connectivity index (χ2n) is 4.80. The zero-order chi connectivity index (χ0) is 15.4. The summed E-state index contributed by atoms with van der Waals surface area (Å²) < 4.78 is 5.29. The minimum Gasteiger partial charge on any atom is -0.359 e. The van der Waals surface area contributed by atoms with Crippen molar-refractivity contribution in [1.82, 2.24) is 20.1 Å². The van der Waals surface area contributed by atoms with Crippen LogP contribution in [-0.4, -0.2) is 20.1 Å². The first kappa shape index (κ1) is 14.5. The van der Waals surface area contributed by atoms with E-state index < -0.39 is 0 Å². The van der Waals surface area contributed by atoms with Crippen LogP contribution in [0.25, 0.3) is 0 Å². The van der Waals surface area contributed by atoms with E-state index in [1.54, 1.807) is 6.20 Å². The highest BCUT2D eigenvalue weighted by Gasteiger charge is 2.14. The molecule has 0 aliphatic heterocycles. The molecule has 0 bridgehead atoms. The number of benzene rings is 1. The number of hydrogen-bond donors (Lipinski definition) is 1. The Labute approximate surface area is 132 Å². The van der Waals surface area contributed by atoms with Crippen molar-refractivity contribution < 1.29 is 4.52 Å². The number of anilines is 1. The highest BCUT2D eigenvalue weighted by atomic mass is 35.5. The van der Waals surface area contributed by atoms with E-state index in [4.69, 9.17) is 16.1 Å². The highest BCUT2D eigenvalue weighted by Crippen LogP contribution is 2.17. The number of halogens is 1. The second kappa shape index (κ2) is 6.53. The van der Waals surface area contributed by atoms with Crippen molar-refractivity contribution in [2.45, 2.75) is 19.4 Å². The van der Waals surface area contributed by atoms with Crippen molar-refractivity contribution in [3.8, 4) is 0 Å². The predicted octanol–water partition coefficient (Wildman–Crippen LogP) is 3.28. The summed E-state index contributed by atoms with van der Waals surface area (Å²) in [5.41, 5.74) is 1.12. The zero-order valence-corrected chi connectivity index (χ0v) is 12.7. The average Bonchev–Trinajstić information content (AvgIpc) is 2.97. The number of aromatic nitrogens is 4. The van der Waals surface area contributed by atoms with Gasteiger partial charge in [0.1, 0.15) is 11.0 Å². The monoisotopic (exact) mass is 315 g/mol. The number of rotatable bonds is 5. The third-order valence-corrected chi connectivity index (χ3v) is 3.22. The Kier molecular flexibility index (Phi) is 4.29. The second-order valence-corrected chi connectivity index (χ2v) is 5.19. The molecule has 0 spiro atoms. The molecule has 0 fully saturated rings. The molecule has 1 aromatic carbocycles. The fraction of sp³-hybridized carbons (Fsp3) is 0.200. The van der Waals surface area contributed by atoms with E-state index in [1.165, 1.54) is 6.20 Å². The smallest absolute Gasteiger partial charge is 0.231 e. The van der Waals surface area contributed by atoms with Crippen molar-refractivity contribution in [1.29, 1.82) is 0 Å². The largest absolute Gasteiger partial charge is 0.359 e. The standard InChI is InChI=1S/C15H14ClN5O/c1-10(18-13-9-17-8-12(16)19-13)15-20-14(22-21-15)7-11-5-3-2-4-6-11/h2-6,8-10H,7H2,1H3,(H,18,19). The molecule has 7 heteroatoms. The summed E-state index contributed by atoms with van der Waals surface area (Å²) >= 11 is 5.81. The molecular weight excluding hydrogens is 302 g/mol. The molecule has 0 amide bonds. The lowest BCUT2D eigenvalue weighted by Crippen LogP contribution is -2.10. The first-order valence-electron chi connectivity index (χ1n) is 6.81. The molecule has 0 aliphatic rings. The van der Waals surface area contributed by atoms with Crippen LogP contribution in [0.4, 0.5) is 5.82 Å². The minimum absolute atomic E-state index is 0.166. The van der Waals surface area contributed by atoms with Crippen LogP contribution in [-0.2, 0) is 6.42 Å². The van der Waals surface area contributed by atoms with Gasteiger partial charge in [-0.2, -0.15) is 4.98 Å². The van der Waals surface area contributed by atoms with Gasteiger partial charge in [-0.1, -0.05) is 47.1 Å². The molecule has 6 nitrogen and oxygen atoms in total. The molecule has 3 rings (SSSR count). The summed E-state index contributed by atoms with van der Waals surface area (Å²) in [7, 11) is 0. The predicted molar refractivity (Wildman–Crippen MR) is 82.6 cm³/mol. The van der Waals surface area contributed by atoms with Crippen LogP contribution in [0.3, 0.4) is 0 Å². The molecule has 0 saturated carbocycles. The summed E-state index contributed by atoms with van der Waals surface area (Å²) in [6, 6.07) is 9.81. The maximum absolute atomic E-state index is 5.81. The highest BCUT2D eigenvalue weighted by molar-refractivity contribution is 6.29. The van der Waals surface area contributed by atoms with Gasteiger partial charge < -0.3 is 9.84 Å². The molecule has 22 heavy (non-hydrogen) atoms. The summed E-state index contributed by atoms with van der Waals surface area (Å²) in [6.45, 7) is 1.92. The van der Waals surface area contributed by atoms with Gasteiger partial charge >= 0.3 is 0 Å². The van der Waals surface area contributed by atoms with Gasteiger partial charge in [0.05, 0.1) is 24.9 Å². The molecule has 1 N–H and O–H groups in total. The SMILES string of the molecule is CC(Nc1cncc(Cl)n1)c1noc(Cc2ccccc2)n1. The molecule has 1 atom stereocenters. The van der Waals surface area contributed by atoms with Crippen molar-refractivity contribution in [3.05, 3.63) is 65.2 Å². The van der Waals surface area contributed by atoms with Gasteiger partial charge in [0.15, 0.2) is 5.82 Å². The molecule has 1 unspecified atom stereocenters. The van der Waals surface area contributed by atoms with Gasteiger partial charge in [-0.15, -0.1) is 0 Å². The third-order valence-electron chi connectivity index (χ3n) is 3.04. The molecular formula is C15H14ClN5O. The van der Waals surface area contributed by atoms with E-state index in [2.05, 4.69) is 25.4 Å². The van der Waals surface area contributed by atoms with E-state index in [0.717, 1.165) is 5.56 Å². The molecule has 112 valence electrons. The fourth-order valence-electron chi connectivity index (χ4n) is 1.98. The summed E-state index contributed by atoms with van der Waals surface area (Å²) in [5.74, 6) is 1.70. The van der Waals surface area contributed by atoms with Crippen LogP contribution < -0.4 is 5.32 Å². The first-order chi connectivity index (χ1) is 10.7. The van der Waals surface area contributed by atoms with Gasteiger partial charge in [-0.3, -0.25) is 4.98 Å². The lowest BCUT2D eigenvalue weighted by molar-refractivity contribution is 0.377. The summed E-state index contributed by atoms with van der Waals surface area (Å²) in [4.78, 5) is 12.5. The van der Waals surface area contributed by atoms with Crippen molar-refractivity contribution in [2.24, 2.45) is 0 Å². The van der Waals surface area contributed by atoms with E-state index in [9.17, 15) is 0 Å². The Morgan fingerprint density at radius 2 is 2.00 bits per heavy atom. The number of nitrogens with zero attached hydrogens (tertiary/aromatic N) is 4. The Hall–Kier alpha value is -2.47. The lowest BCUT2D eigenvalue weighted by atomic mass is 10.1. The van der Waals surface area contributed by atoms with Crippen LogP contribution in [0.5, 0.6) is 0 Å². The average molecular weight is 316 g/mol. The maximum Gasteiger partial charge on any atom is 0.231 e. The minimum atomic E-state index is -0.166. The zero-order valence-electron chi connectivity index (χ0n) is 11.9. The van der Waals surface area contributed by atoms with E-state index in [-0.39, 0.29) is 6.04 Å². The van der Waals surface area contributed by atoms with Crippen molar-refractivity contribution >= 4 is 17.4 Å². The van der Waals surface area contributed by atoms with Crippen LogP contribution in [0, 0.1) is 0 Å².